The summed E-state index contributed by atoms with van der Waals surface area (Å²) in [5, 5.41) is 3.23. The SMILES string of the molecule is C#CC(CC)Nc1cccnc1OC(C)C. The van der Waals surface area contributed by atoms with Gasteiger partial charge in [0.05, 0.1) is 17.8 Å². The minimum absolute atomic E-state index is 0.0127. The Hall–Kier alpha value is -1.69. The molecule has 0 aromatic carbocycles. The predicted molar refractivity (Wildman–Crippen MR) is 66.5 cm³/mol. The molecule has 0 aliphatic carbocycles. The van der Waals surface area contributed by atoms with Crippen LogP contribution in [0.2, 0.25) is 0 Å². The van der Waals surface area contributed by atoms with Crippen LogP contribution < -0.4 is 10.1 Å². The van der Waals surface area contributed by atoms with Gasteiger partial charge in [0.2, 0.25) is 5.88 Å². The standard InChI is InChI=1S/C13H18N2O/c1-5-11(6-2)15-12-8-7-9-14-13(12)16-10(3)4/h1,7-11,15H,6H2,2-4H3. The summed E-state index contributed by atoms with van der Waals surface area (Å²) in [6.45, 7) is 5.98. The van der Waals surface area contributed by atoms with Crippen LogP contribution >= 0.6 is 0 Å². The van der Waals surface area contributed by atoms with Crippen LogP contribution in [0.5, 0.6) is 5.88 Å². The minimum atomic E-state index is 0.0127. The van der Waals surface area contributed by atoms with Gasteiger partial charge in [-0.3, -0.25) is 0 Å². The molecule has 1 aromatic heterocycles. The number of hydrogen-bond acceptors (Lipinski definition) is 3. The molecule has 0 saturated carbocycles. The van der Waals surface area contributed by atoms with Crippen LogP contribution in [0.4, 0.5) is 5.69 Å². The average molecular weight is 218 g/mol. The Morgan fingerprint density at radius 2 is 2.31 bits per heavy atom. The molecule has 1 rings (SSSR count). The number of aromatic nitrogens is 1. The summed E-state index contributed by atoms with van der Waals surface area (Å²) in [6.07, 6.45) is 8.08. The Morgan fingerprint density at radius 3 is 2.88 bits per heavy atom. The summed E-state index contributed by atoms with van der Waals surface area (Å²) in [7, 11) is 0. The lowest BCUT2D eigenvalue weighted by Gasteiger charge is -2.16. The summed E-state index contributed by atoms with van der Waals surface area (Å²) in [6, 6.07) is 3.79. The number of anilines is 1. The van der Waals surface area contributed by atoms with Gasteiger partial charge in [-0.05, 0) is 32.4 Å². The molecule has 1 heterocycles. The number of nitrogens with zero attached hydrogens (tertiary/aromatic N) is 1. The highest BCUT2D eigenvalue weighted by atomic mass is 16.5. The van der Waals surface area contributed by atoms with Crippen molar-refractivity contribution >= 4 is 5.69 Å². The quantitative estimate of drug-likeness (QED) is 0.771. The molecular formula is C13H18N2O. The van der Waals surface area contributed by atoms with Crippen LogP contribution in [-0.2, 0) is 0 Å². The van der Waals surface area contributed by atoms with Gasteiger partial charge in [0.15, 0.2) is 0 Å². The van der Waals surface area contributed by atoms with Gasteiger partial charge in [-0.2, -0.15) is 0 Å². The Bertz CT molecular complexity index is 368. The van der Waals surface area contributed by atoms with Crippen LogP contribution in [0.3, 0.4) is 0 Å². The van der Waals surface area contributed by atoms with Crippen molar-refractivity contribution in [2.45, 2.75) is 39.3 Å². The largest absolute Gasteiger partial charge is 0.473 e. The van der Waals surface area contributed by atoms with Crippen LogP contribution in [-0.4, -0.2) is 17.1 Å². The van der Waals surface area contributed by atoms with Crippen molar-refractivity contribution in [1.29, 1.82) is 0 Å². The molecule has 0 radical (unpaired) electrons. The van der Waals surface area contributed by atoms with Gasteiger partial charge >= 0.3 is 0 Å². The van der Waals surface area contributed by atoms with E-state index in [-0.39, 0.29) is 12.1 Å². The van der Waals surface area contributed by atoms with E-state index in [1.807, 2.05) is 32.9 Å². The Balaban J connectivity index is 2.82. The Kier molecular flexibility index (Phi) is 4.65. The summed E-state index contributed by atoms with van der Waals surface area (Å²) in [5.41, 5.74) is 0.848. The zero-order chi connectivity index (χ0) is 12.0. The van der Waals surface area contributed by atoms with Gasteiger partial charge in [-0.25, -0.2) is 4.98 Å². The van der Waals surface area contributed by atoms with Crippen molar-refractivity contribution in [3.8, 4) is 18.2 Å². The lowest BCUT2D eigenvalue weighted by Crippen LogP contribution is -2.17. The molecule has 16 heavy (non-hydrogen) atoms. The maximum atomic E-state index is 5.59. The molecule has 0 saturated heterocycles. The third-order valence-electron chi connectivity index (χ3n) is 2.06. The first-order valence-electron chi connectivity index (χ1n) is 5.51. The first-order chi connectivity index (χ1) is 7.67. The highest BCUT2D eigenvalue weighted by Crippen LogP contribution is 2.22. The second kappa shape index (κ2) is 6.02. The zero-order valence-corrected chi connectivity index (χ0v) is 10.0. The van der Waals surface area contributed by atoms with E-state index in [0.29, 0.717) is 5.88 Å². The van der Waals surface area contributed by atoms with E-state index in [0.717, 1.165) is 12.1 Å². The molecule has 0 fully saturated rings. The Labute approximate surface area is 97.2 Å². The van der Waals surface area contributed by atoms with Gasteiger partial charge in [0.1, 0.15) is 0 Å². The number of ether oxygens (including phenoxy) is 1. The molecule has 3 heteroatoms. The first-order valence-corrected chi connectivity index (χ1v) is 5.51. The fraction of sp³-hybridized carbons (Fsp3) is 0.462. The van der Waals surface area contributed by atoms with Crippen LogP contribution in [0.25, 0.3) is 0 Å². The van der Waals surface area contributed by atoms with Crippen molar-refractivity contribution in [2.75, 3.05) is 5.32 Å². The summed E-state index contributed by atoms with van der Waals surface area (Å²) >= 11 is 0. The molecule has 1 N–H and O–H groups in total. The van der Waals surface area contributed by atoms with Crippen LogP contribution in [0, 0.1) is 12.3 Å². The molecule has 0 aliphatic rings. The van der Waals surface area contributed by atoms with Crippen molar-refractivity contribution in [3.63, 3.8) is 0 Å². The third kappa shape index (κ3) is 3.47. The predicted octanol–water partition coefficient (Wildman–Crippen LogP) is 2.69. The molecule has 86 valence electrons. The molecule has 0 amide bonds. The number of rotatable bonds is 5. The monoisotopic (exact) mass is 218 g/mol. The van der Waals surface area contributed by atoms with E-state index < -0.39 is 0 Å². The van der Waals surface area contributed by atoms with Crippen molar-refractivity contribution in [3.05, 3.63) is 18.3 Å². The molecular weight excluding hydrogens is 200 g/mol. The molecule has 1 unspecified atom stereocenters. The van der Waals surface area contributed by atoms with Gasteiger partial charge in [-0.1, -0.05) is 12.8 Å². The summed E-state index contributed by atoms with van der Waals surface area (Å²) in [5.74, 6) is 3.29. The first kappa shape index (κ1) is 12.4. The highest BCUT2D eigenvalue weighted by molar-refractivity contribution is 5.53. The van der Waals surface area contributed by atoms with Crippen molar-refractivity contribution in [1.82, 2.24) is 4.98 Å². The average Bonchev–Trinajstić information content (AvgIpc) is 2.27. The maximum Gasteiger partial charge on any atom is 0.237 e. The van der Waals surface area contributed by atoms with Crippen molar-refractivity contribution in [2.24, 2.45) is 0 Å². The smallest absolute Gasteiger partial charge is 0.237 e. The zero-order valence-electron chi connectivity index (χ0n) is 10.0. The van der Waals surface area contributed by atoms with Gasteiger partial charge in [0, 0.05) is 6.20 Å². The topological polar surface area (TPSA) is 34.2 Å². The van der Waals surface area contributed by atoms with Gasteiger partial charge in [0.25, 0.3) is 0 Å². The number of pyridine rings is 1. The molecule has 3 nitrogen and oxygen atoms in total. The van der Waals surface area contributed by atoms with Gasteiger partial charge in [-0.15, -0.1) is 6.42 Å². The van der Waals surface area contributed by atoms with Crippen molar-refractivity contribution < 1.29 is 4.74 Å². The van der Waals surface area contributed by atoms with E-state index in [4.69, 9.17) is 11.2 Å². The molecule has 1 atom stereocenters. The molecule has 0 aliphatic heterocycles. The Morgan fingerprint density at radius 1 is 1.56 bits per heavy atom. The number of terminal acetylenes is 1. The fourth-order valence-electron chi connectivity index (χ4n) is 1.27. The van der Waals surface area contributed by atoms with E-state index in [2.05, 4.69) is 16.2 Å². The third-order valence-corrected chi connectivity index (χ3v) is 2.06. The second-order valence-electron chi connectivity index (χ2n) is 3.79. The highest BCUT2D eigenvalue weighted by Gasteiger charge is 2.09. The number of hydrogen-bond donors (Lipinski definition) is 1. The van der Waals surface area contributed by atoms with Crippen LogP contribution in [0.1, 0.15) is 27.2 Å². The van der Waals surface area contributed by atoms with E-state index >= 15 is 0 Å². The molecule has 0 bridgehead atoms. The lowest BCUT2D eigenvalue weighted by atomic mass is 10.2. The second-order valence-corrected chi connectivity index (χ2v) is 3.79. The summed E-state index contributed by atoms with van der Waals surface area (Å²) < 4.78 is 5.59. The molecule has 1 aromatic rings. The van der Waals surface area contributed by atoms with E-state index in [9.17, 15) is 0 Å². The summed E-state index contributed by atoms with van der Waals surface area (Å²) in [4.78, 5) is 4.19. The van der Waals surface area contributed by atoms with E-state index in [1.165, 1.54) is 0 Å². The van der Waals surface area contributed by atoms with Gasteiger partial charge < -0.3 is 10.1 Å². The normalized spacial score (nSPS) is 11.9. The lowest BCUT2D eigenvalue weighted by molar-refractivity contribution is 0.234. The number of nitrogens with one attached hydrogen (secondary N) is 1. The fourth-order valence-corrected chi connectivity index (χ4v) is 1.27. The minimum Gasteiger partial charge on any atom is -0.473 e. The van der Waals surface area contributed by atoms with E-state index in [1.54, 1.807) is 6.20 Å². The van der Waals surface area contributed by atoms with Crippen LogP contribution in [0.15, 0.2) is 18.3 Å². The molecule has 0 spiro atoms. The maximum absolute atomic E-state index is 5.59.